The molecule has 2 heterocycles. The number of hydrogen-bond donors (Lipinski definition) is 1. The van der Waals surface area contributed by atoms with Crippen molar-refractivity contribution in [2.45, 2.75) is 17.8 Å². The minimum atomic E-state index is 0.179. The van der Waals surface area contributed by atoms with Crippen LogP contribution in [0, 0.1) is 0 Å². The topological polar surface area (TPSA) is 21.3 Å². The first kappa shape index (κ1) is 6.95. The van der Waals surface area contributed by atoms with E-state index in [4.69, 9.17) is 4.74 Å². The molecule has 0 bridgehead atoms. The van der Waals surface area contributed by atoms with Gasteiger partial charge in [-0.25, -0.2) is 0 Å². The van der Waals surface area contributed by atoms with E-state index in [2.05, 4.69) is 5.32 Å². The maximum atomic E-state index is 5.73. The van der Waals surface area contributed by atoms with Gasteiger partial charge in [0.2, 0.25) is 0 Å². The van der Waals surface area contributed by atoms with Crippen LogP contribution in [0.5, 0.6) is 0 Å². The molecule has 1 N–H and O–H groups in total. The summed E-state index contributed by atoms with van der Waals surface area (Å²) in [6.07, 6.45) is 2.42. The Hall–Kier alpha value is 0.270. The van der Waals surface area contributed by atoms with Crippen molar-refractivity contribution < 1.29 is 4.74 Å². The molecule has 0 saturated carbocycles. The molecule has 2 fully saturated rings. The third-order valence-electron chi connectivity index (χ3n) is 2.10. The molecule has 2 nitrogen and oxygen atoms in total. The normalized spacial score (nSPS) is 40.8. The van der Waals surface area contributed by atoms with Gasteiger partial charge in [-0.2, -0.15) is 0 Å². The minimum Gasteiger partial charge on any atom is -0.363 e. The zero-order valence-electron chi connectivity index (χ0n) is 6.06. The monoisotopic (exact) mass is 159 g/mol. The van der Waals surface area contributed by atoms with Crippen molar-refractivity contribution in [2.75, 3.05) is 25.4 Å². The van der Waals surface area contributed by atoms with E-state index in [1.165, 1.54) is 18.6 Å². The van der Waals surface area contributed by atoms with Crippen LogP contribution in [0.25, 0.3) is 0 Å². The zero-order valence-corrected chi connectivity index (χ0v) is 6.88. The predicted octanol–water partition coefficient (Wildman–Crippen LogP) is 0.829. The van der Waals surface area contributed by atoms with E-state index in [-0.39, 0.29) is 4.93 Å². The van der Waals surface area contributed by atoms with E-state index in [0.29, 0.717) is 0 Å². The number of hydrogen-bond acceptors (Lipinski definition) is 3. The second-order valence-corrected chi connectivity index (χ2v) is 4.33. The lowest BCUT2D eigenvalue weighted by molar-refractivity contribution is 0.0337. The Bertz CT molecular complexity index is 115. The molecule has 10 heavy (non-hydrogen) atoms. The summed E-state index contributed by atoms with van der Waals surface area (Å²) in [7, 11) is 0. The van der Waals surface area contributed by atoms with E-state index >= 15 is 0 Å². The maximum absolute atomic E-state index is 5.73. The average molecular weight is 159 g/mol. The molecule has 0 radical (unpaired) electrons. The second-order valence-electron chi connectivity index (χ2n) is 2.89. The molecule has 0 aromatic heterocycles. The fourth-order valence-corrected chi connectivity index (χ4v) is 2.76. The smallest absolute Gasteiger partial charge is 0.127 e. The summed E-state index contributed by atoms with van der Waals surface area (Å²) in [5.41, 5.74) is 0. The highest BCUT2D eigenvalue weighted by molar-refractivity contribution is 8.00. The number of nitrogens with one attached hydrogen (secondary N) is 1. The molecule has 2 saturated heterocycles. The van der Waals surface area contributed by atoms with Crippen molar-refractivity contribution in [3.63, 3.8) is 0 Å². The Labute approximate surface area is 65.7 Å². The summed E-state index contributed by atoms with van der Waals surface area (Å²) in [5.74, 6) is 1.28. The lowest BCUT2D eigenvalue weighted by Crippen LogP contribution is -2.35. The molecule has 1 atom stereocenters. The third kappa shape index (κ3) is 1.18. The van der Waals surface area contributed by atoms with Gasteiger partial charge in [0, 0.05) is 13.2 Å². The fourth-order valence-electron chi connectivity index (χ4n) is 1.51. The van der Waals surface area contributed by atoms with Gasteiger partial charge in [-0.1, -0.05) is 0 Å². The van der Waals surface area contributed by atoms with Gasteiger partial charge in [0.15, 0.2) is 0 Å². The largest absolute Gasteiger partial charge is 0.363 e. The van der Waals surface area contributed by atoms with E-state index in [1.54, 1.807) is 0 Å². The van der Waals surface area contributed by atoms with Gasteiger partial charge in [0.1, 0.15) is 4.93 Å². The summed E-state index contributed by atoms with van der Waals surface area (Å²) < 4.78 is 5.73. The van der Waals surface area contributed by atoms with E-state index < -0.39 is 0 Å². The second kappa shape index (κ2) is 2.72. The first-order chi connectivity index (χ1) is 4.91. The molecule has 2 aliphatic rings. The molecular formula is C7H13NOS. The van der Waals surface area contributed by atoms with Crippen molar-refractivity contribution in [3.05, 3.63) is 0 Å². The van der Waals surface area contributed by atoms with Gasteiger partial charge in [-0.3, -0.25) is 0 Å². The quantitative estimate of drug-likeness (QED) is 0.565. The van der Waals surface area contributed by atoms with Crippen LogP contribution in [0.4, 0.5) is 0 Å². The van der Waals surface area contributed by atoms with Crippen LogP contribution in [-0.2, 0) is 4.74 Å². The molecule has 2 aliphatic heterocycles. The van der Waals surface area contributed by atoms with Crippen molar-refractivity contribution in [3.8, 4) is 0 Å². The van der Waals surface area contributed by atoms with Crippen LogP contribution in [-0.4, -0.2) is 30.4 Å². The zero-order chi connectivity index (χ0) is 6.86. The Balaban J connectivity index is 1.98. The number of thioether (sulfide) groups is 1. The van der Waals surface area contributed by atoms with Gasteiger partial charge < -0.3 is 10.1 Å². The molecule has 2 rings (SSSR count). The van der Waals surface area contributed by atoms with Crippen molar-refractivity contribution in [1.29, 1.82) is 0 Å². The molecule has 3 heteroatoms. The van der Waals surface area contributed by atoms with Crippen LogP contribution < -0.4 is 5.32 Å². The highest BCUT2D eigenvalue weighted by atomic mass is 32.2. The van der Waals surface area contributed by atoms with Gasteiger partial charge in [0.25, 0.3) is 0 Å². The number of rotatable bonds is 0. The minimum absolute atomic E-state index is 0.179. The lowest BCUT2D eigenvalue weighted by atomic mass is 10.3. The van der Waals surface area contributed by atoms with E-state index in [9.17, 15) is 0 Å². The molecular weight excluding hydrogens is 146 g/mol. The van der Waals surface area contributed by atoms with Crippen molar-refractivity contribution in [2.24, 2.45) is 0 Å². The third-order valence-corrected chi connectivity index (χ3v) is 3.58. The van der Waals surface area contributed by atoms with Crippen LogP contribution in [0.1, 0.15) is 12.8 Å². The highest BCUT2D eigenvalue weighted by Gasteiger charge is 2.36. The summed E-state index contributed by atoms with van der Waals surface area (Å²) in [4.78, 5) is 0.179. The van der Waals surface area contributed by atoms with E-state index in [0.717, 1.165) is 19.7 Å². The van der Waals surface area contributed by atoms with Crippen molar-refractivity contribution in [1.82, 2.24) is 5.32 Å². The highest BCUT2D eigenvalue weighted by Crippen LogP contribution is 2.36. The maximum Gasteiger partial charge on any atom is 0.127 e. The molecule has 0 amide bonds. The Morgan fingerprint density at radius 3 is 3.10 bits per heavy atom. The van der Waals surface area contributed by atoms with Crippen LogP contribution in [0.15, 0.2) is 0 Å². The predicted molar refractivity (Wildman–Crippen MR) is 43.2 cm³/mol. The lowest BCUT2D eigenvalue weighted by Gasteiger charge is -2.31. The standard InChI is InChI=1S/C7H13NOS/c1-4-9-7(10-5-1)2-3-8-6-7/h8H,1-6H2. The average Bonchev–Trinajstić information content (AvgIpc) is 2.39. The van der Waals surface area contributed by atoms with E-state index in [1.807, 2.05) is 11.8 Å². The first-order valence-electron chi connectivity index (χ1n) is 3.90. The van der Waals surface area contributed by atoms with Crippen LogP contribution >= 0.6 is 11.8 Å². The first-order valence-corrected chi connectivity index (χ1v) is 4.89. The van der Waals surface area contributed by atoms with Gasteiger partial charge >= 0.3 is 0 Å². The Morgan fingerprint density at radius 1 is 1.50 bits per heavy atom. The molecule has 58 valence electrons. The summed E-state index contributed by atoms with van der Waals surface area (Å²) >= 11 is 1.99. The van der Waals surface area contributed by atoms with Crippen molar-refractivity contribution >= 4 is 11.8 Å². The summed E-state index contributed by atoms with van der Waals surface area (Å²) in [5, 5.41) is 3.34. The van der Waals surface area contributed by atoms with Gasteiger partial charge in [-0.05, 0) is 25.1 Å². The summed E-state index contributed by atoms with van der Waals surface area (Å²) in [6, 6.07) is 0. The van der Waals surface area contributed by atoms with Crippen LogP contribution in [0.3, 0.4) is 0 Å². The van der Waals surface area contributed by atoms with Gasteiger partial charge in [-0.15, -0.1) is 11.8 Å². The number of ether oxygens (including phenoxy) is 1. The molecule has 0 aromatic rings. The fraction of sp³-hybridized carbons (Fsp3) is 1.00. The van der Waals surface area contributed by atoms with Gasteiger partial charge in [0.05, 0.1) is 0 Å². The SMILES string of the molecule is C1COC2(CCNC2)SC1. The molecule has 0 aliphatic carbocycles. The molecule has 1 unspecified atom stereocenters. The van der Waals surface area contributed by atoms with Crippen LogP contribution in [0.2, 0.25) is 0 Å². The Morgan fingerprint density at radius 2 is 2.50 bits per heavy atom. The summed E-state index contributed by atoms with van der Waals surface area (Å²) in [6.45, 7) is 3.15. The molecule has 1 spiro atoms. The Kier molecular flexibility index (Phi) is 1.89. The molecule has 0 aromatic carbocycles.